The smallest absolute Gasteiger partial charge is 0.259 e. The topological polar surface area (TPSA) is 101 Å². The van der Waals surface area contributed by atoms with Crippen molar-refractivity contribution >= 4 is 44.0 Å². The van der Waals surface area contributed by atoms with E-state index in [2.05, 4.69) is 34.1 Å². The number of carbonyl (C=O) groups is 1. The number of hydrogen-bond acceptors (Lipinski definition) is 6. The summed E-state index contributed by atoms with van der Waals surface area (Å²) in [6.07, 6.45) is 1.88. The Labute approximate surface area is 155 Å². The number of hydrogen-bond donors (Lipinski definition) is 2. The van der Waals surface area contributed by atoms with Gasteiger partial charge in [-0.05, 0) is 38.1 Å². The quantitative estimate of drug-likeness (QED) is 0.740. The van der Waals surface area contributed by atoms with Gasteiger partial charge >= 0.3 is 0 Å². The number of sulfonamides is 1. The van der Waals surface area contributed by atoms with Crippen molar-refractivity contribution in [2.75, 3.05) is 12.4 Å². The van der Waals surface area contributed by atoms with Gasteiger partial charge in [0.25, 0.3) is 5.91 Å². The second-order valence-corrected chi connectivity index (χ2v) is 8.57. The number of amides is 1. The van der Waals surface area contributed by atoms with Gasteiger partial charge in [0.2, 0.25) is 15.2 Å². The molecule has 0 aliphatic heterocycles. The average Bonchev–Trinajstić information content (AvgIpc) is 3.04. The van der Waals surface area contributed by atoms with Crippen molar-refractivity contribution in [3.63, 3.8) is 0 Å². The maximum Gasteiger partial charge on any atom is 0.259 e. The Hall–Kier alpha value is -1.55. The van der Waals surface area contributed by atoms with Crippen molar-refractivity contribution in [2.24, 2.45) is 0 Å². The van der Waals surface area contributed by atoms with Gasteiger partial charge < -0.3 is 0 Å². The first-order chi connectivity index (χ1) is 11.8. The van der Waals surface area contributed by atoms with Gasteiger partial charge in [0, 0.05) is 5.92 Å². The number of carbonyl (C=O) groups excluding carboxylic acids is 1. The predicted molar refractivity (Wildman–Crippen MR) is 98.9 cm³/mol. The molecule has 0 fully saturated rings. The molecule has 0 radical (unpaired) electrons. The van der Waals surface area contributed by atoms with Gasteiger partial charge in [-0.1, -0.05) is 36.8 Å². The van der Waals surface area contributed by atoms with E-state index in [1.54, 1.807) is 0 Å². The molecule has 136 valence electrons. The van der Waals surface area contributed by atoms with Crippen LogP contribution in [0.2, 0.25) is 5.02 Å². The third-order valence-corrected chi connectivity index (χ3v) is 6.50. The normalized spacial score (nSPS) is 11.7. The molecule has 0 saturated carbocycles. The Morgan fingerprint density at radius 1 is 1.28 bits per heavy atom. The maximum atomic E-state index is 12.4. The molecule has 7 nitrogen and oxygen atoms in total. The highest BCUT2D eigenvalue weighted by Gasteiger charge is 2.19. The van der Waals surface area contributed by atoms with Gasteiger partial charge in [-0.15, -0.1) is 10.2 Å². The van der Waals surface area contributed by atoms with Crippen molar-refractivity contribution in [3.8, 4) is 0 Å². The van der Waals surface area contributed by atoms with Gasteiger partial charge in [-0.2, -0.15) is 0 Å². The number of halogens is 1. The SMILES string of the molecule is CCC(CC)c1nnc(NC(=O)c2cc(S(=O)(=O)NC)ccc2Cl)s1. The summed E-state index contributed by atoms with van der Waals surface area (Å²) in [7, 11) is -2.38. The lowest BCUT2D eigenvalue weighted by Gasteiger charge is -2.08. The highest BCUT2D eigenvalue weighted by Crippen LogP contribution is 2.29. The molecule has 2 N–H and O–H groups in total. The standard InChI is InChI=1S/C15H19ClN4O3S2/c1-4-9(5-2)14-19-20-15(24-14)18-13(21)11-8-10(6-7-12(11)16)25(22,23)17-3/h6-9,17H,4-5H2,1-3H3,(H,18,20,21). The van der Waals surface area contributed by atoms with Crippen LogP contribution < -0.4 is 10.0 Å². The maximum absolute atomic E-state index is 12.4. The predicted octanol–water partition coefficient (Wildman–Crippen LogP) is 3.26. The van der Waals surface area contributed by atoms with Crippen LogP contribution in [0, 0.1) is 0 Å². The first-order valence-electron chi connectivity index (χ1n) is 7.70. The number of aromatic nitrogens is 2. The van der Waals surface area contributed by atoms with E-state index in [9.17, 15) is 13.2 Å². The summed E-state index contributed by atoms with van der Waals surface area (Å²) < 4.78 is 26.0. The van der Waals surface area contributed by atoms with E-state index in [1.807, 2.05) is 0 Å². The molecule has 0 saturated heterocycles. The molecule has 0 unspecified atom stereocenters. The van der Waals surface area contributed by atoms with Crippen molar-refractivity contribution in [1.82, 2.24) is 14.9 Å². The first-order valence-corrected chi connectivity index (χ1v) is 10.4. The zero-order valence-electron chi connectivity index (χ0n) is 14.0. The molecule has 0 aliphatic carbocycles. The summed E-state index contributed by atoms with van der Waals surface area (Å²) in [6, 6.07) is 3.93. The Kier molecular flexibility index (Phi) is 6.50. The molecular weight excluding hydrogens is 384 g/mol. The number of nitrogens with one attached hydrogen (secondary N) is 2. The molecule has 1 aromatic carbocycles. The molecule has 10 heteroatoms. The molecule has 1 heterocycles. The van der Waals surface area contributed by atoms with E-state index < -0.39 is 15.9 Å². The zero-order chi connectivity index (χ0) is 18.6. The fourth-order valence-corrected chi connectivity index (χ4v) is 4.18. The largest absolute Gasteiger partial charge is 0.296 e. The van der Waals surface area contributed by atoms with Gasteiger partial charge in [-0.3, -0.25) is 10.1 Å². The van der Waals surface area contributed by atoms with Crippen LogP contribution in [0.25, 0.3) is 0 Å². The van der Waals surface area contributed by atoms with Crippen LogP contribution in [0.1, 0.15) is 48.0 Å². The molecule has 0 aliphatic rings. The second kappa shape index (κ2) is 8.22. The molecule has 1 amide bonds. The van der Waals surface area contributed by atoms with E-state index in [0.717, 1.165) is 17.8 Å². The zero-order valence-corrected chi connectivity index (χ0v) is 16.4. The van der Waals surface area contributed by atoms with E-state index in [0.29, 0.717) is 11.0 Å². The third-order valence-electron chi connectivity index (χ3n) is 3.76. The molecule has 25 heavy (non-hydrogen) atoms. The van der Waals surface area contributed by atoms with Gasteiger partial charge in [-0.25, -0.2) is 13.1 Å². The number of benzene rings is 1. The summed E-state index contributed by atoms with van der Waals surface area (Å²) >= 11 is 7.35. The minimum Gasteiger partial charge on any atom is -0.296 e. The number of anilines is 1. The van der Waals surface area contributed by atoms with Crippen molar-refractivity contribution < 1.29 is 13.2 Å². The Balaban J connectivity index is 2.25. The summed E-state index contributed by atoms with van der Waals surface area (Å²) in [5, 5.41) is 12.1. The Morgan fingerprint density at radius 3 is 2.56 bits per heavy atom. The van der Waals surface area contributed by atoms with Crippen LogP contribution >= 0.6 is 22.9 Å². The van der Waals surface area contributed by atoms with Crippen LogP contribution in [0.3, 0.4) is 0 Å². The minimum absolute atomic E-state index is 0.0421. The highest BCUT2D eigenvalue weighted by atomic mass is 35.5. The van der Waals surface area contributed by atoms with Crippen LogP contribution in [0.4, 0.5) is 5.13 Å². The van der Waals surface area contributed by atoms with E-state index in [1.165, 1.54) is 36.6 Å². The average molecular weight is 403 g/mol. The summed E-state index contributed by atoms with van der Waals surface area (Å²) in [6.45, 7) is 4.14. The molecular formula is C15H19ClN4O3S2. The van der Waals surface area contributed by atoms with Crippen LogP contribution in [0.5, 0.6) is 0 Å². The molecule has 1 aromatic heterocycles. The lowest BCUT2D eigenvalue weighted by Crippen LogP contribution is -2.20. The number of rotatable bonds is 7. The van der Waals surface area contributed by atoms with E-state index in [-0.39, 0.29) is 15.5 Å². The molecule has 2 aromatic rings. The van der Waals surface area contributed by atoms with Crippen molar-refractivity contribution in [3.05, 3.63) is 33.8 Å². The number of nitrogens with zero attached hydrogens (tertiary/aromatic N) is 2. The molecule has 0 bridgehead atoms. The molecule has 2 rings (SSSR count). The summed E-state index contributed by atoms with van der Waals surface area (Å²) in [4.78, 5) is 12.4. The van der Waals surface area contributed by atoms with Gasteiger partial charge in [0.1, 0.15) is 5.01 Å². The highest BCUT2D eigenvalue weighted by molar-refractivity contribution is 7.89. The fourth-order valence-electron chi connectivity index (χ4n) is 2.22. The van der Waals surface area contributed by atoms with Crippen molar-refractivity contribution in [1.29, 1.82) is 0 Å². The van der Waals surface area contributed by atoms with Crippen LogP contribution in [0.15, 0.2) is 23.1 Å². The van der Waals surface area contributed by atoms with Crippen LogP contribution in [-0.2, 0) is 10.0 Å². The first kappa shape index (κ1) is 19.8. The Morgan fingerprint density at radius 2 is 1.96 bits per heavy atom. The van der Waals surface area contributed by atoms with Crippen LogP contribution in [-0.4, -0.2) is 31.6 Å². The summed E-state index contributed by atoms with van der Waals surface area (Å²) in [5.41, 5.74) is 0.0530. The van der Waals surface area contributed by atoms with E-state index in [4.69, 9.17) is 11.6 Å². The lowest BCUT2D eigenvalue weighted by atomic mass is 10.1. The molecule has 0 spiro atoms. The van der Waals surface area contributed by atoms with Crippen molar-refractivity contribution in [2.45, 2.75) is 37.5 Å². The van der Waals surface area contributed by atoms with E-state index >= 15 is 0 Å². The Bertz CT molecular complexity index is 863. The lowest BCUT2D eigenvalue weighted by molar-refractivity contribution is 0.102. The summed E-state index contributed by atoms with van der Waals surface area (Å²) in [5.74, 6) is -0.235. The van der Waals surface area contributed by atoms with Gasteiger partial charge in [0.15, 0.2) is 0 Å². The monoisotopic (exact) mass is 402 g/mol. The fraction of sp³-hybridized carbons (Fsp3) is 0.400. The molecule has 0 atom stereocenters. The second-order valence-electron chi connectivity index (χ2n) is 5.26. The third kappa shape index (κ3) is 4.55. The van der Waals surface area contributed by atoms with Gasteiger partial charge in [0.05, 0.1) is 15.5 Å². The minimum atomic E-state index is -3.67.